The Morgan fingerprint density at radius 2 is 1.88 bits per heavy atom. The molecule has 0 saturated heterocycles. The predicted octanol–water partition coefficient (Wildman–Crippen LogP) is 1.24. The molecule has 0 spiro atoms. The fourth-order valence-electron chi connectivity index (χ4n) is 1.18. The minimum absolute atomic E-state index is 0.594. The summed E-state index contributed by atoms with van der Waals surface area (Å²) in [5.74, 6) is 0. The van der Waals surface area contributed by atoms with Gasteiger partial charge in [-0.2, -0.15) is 0 Å². The molecule has 0 N–H and O–H groups in total. The molecule has 0 bridgehead atoms. The van der Waals surface area contributed by atoms with E-state index in [9.17, 15) is 0 Å². The molecule has 1 heterocycles. The minimum Gasteiger partial charge on any atom is -0.377 e. The Labute approximate surface area is 115 Å². The van der Waals surface area contributed by atoms with E-state index in [4.69, 9.17) is 12.5 Å². The van der Waals surface area contributed by atoms with E-state index in [-0.39, 0.29) is 0 Å². The van der Waals surface area contributed by atoms with Crippen molar-refractivity contribution >= 4 is 23.0 Å². The van der Waals surface area contributed by atoms with Gasteiger partial charge >= 0.3 is 0 Å². The number of aryl methyl sites for hydroxylation is 1. The lowest BCUT2D eigenvalue weighted by Crippen LogP contribution is -2.11. The van der Waals surface area contributed by atoms with Crippen molar-refractivity contribution in [1.82, 2.24) is 15.0 Å². The first-order valence-electron chi connectivity index (χ1n) is 5.65. The molecule has 0 aliphatic heterocycles. The number of rotatable bonds is 10. The van der Waals surface area contributed by atoms with E-state index < -0.39 is 0 Å². The molecule has 17 heavy (non-hydrogen) atoms. The topological polar surface area (TPSA) is 58.4 Å². The van der Waals surface area contributed by atoms with Gasteiger partial charge in [-0.25, -0.2) is 4.68 Å². The van der Waals surface area contributed by atoms with Crippen molar-refractivity contribution in [3.05, 3.63) is 11.9 Å². The summed E-state index contributed by atoms with van der Waals surface area (Å²) in [6, 6.07) is 0. The Morgan fingerprint density at radius 1 is 1.18 bits per heavy atom. The van der Waals surface area contributed by atoms with Gasteiger partial charge in [-0.05, 0) is 6.42 Å². The van der Waals surface area contributed by atoms with Crippen molar-refractivity contribution in [1.29, 1.82) is 0 Å². The average Bonchev–Trinajstić information content (AvgIpc) is 2.80. The third-order valence-electron chi connectivity index (χ3n) is 2.09. The van der Waals surface area contributed by atoms with Crippen molar-refractivity contribution in [3.8, 4) is 0 Å². The van der Waals surface area contributed by atoms with Crippen molar-refractivity contribution in [2.24, 2.45) is 0 Å². The average molecular weight is 355 g/mol. The first-order chi connectivity index (χ1) is 8.36. The van der Waals surface area contributed by atoms with E-state index in [0.29, 0.717) is 33.0 Å². The zero-order valence-electron chi connectivity index (χ0n) is 9.97. The van der Waals surface area contributed by atoms with Crippen LogP contribution in [-0.2, 0) is 25.5 Å². The van der Waals surface area contributed by atoms with E-state index in [0.717, 1.165) is 18.7 Å². The molecule has 0 fully saturated rings. The van der Waals surface area contributed by atoms with Crippen molar-refractivity contribution < 1.29 is 12.5 Å². The van der Waals surface area contributed by atoms with Crippen LogP contribution in [0.25, 0.3) is 0 Å². The summed E-state index contributed by atoms with van der Waals surface area (Å²) in [7, 11) is 0. The van der Waals surface area contributed by atoms with E-state index in [1.165, 1.54) is 0 Å². The minimum atomic E-state index is 0.594. The monoisotopic (exact) mass is 355 g/mol. The summed E-state index contributed by atoms with van der Waals surface area (Å²) in [6.07, 6.45) is 2.85. The fourth-order valence-corrected chi connectivity index (χ4v) is 1.36. The molecule has 0 unspecified atom stereocenters. The molecular formula is C10H18IN3O3. The van der Waals surface area contributed by atoms with Gasteiger partial charge in [0.25, 0.3) is 0 Å². The van der Waals surface area contributed by atoms with Gasteiger partial charge in [-0.15, -0.1) is 5.10 Å². The van der Waals surface area contributed by atoms with Crippen LogP contribution in [0.15, 0.2) is 6.20 Å². The van der Waals surface area contributed by atoms with Crippen molar-refractivity contribution in [2.75, 3.05) is 33.0 Å². The molecule has 7 heteroatoms. The van der Waals surface area contributed by atoms with Crippen LogP contribution in [-0.4, -0.2) is 48.0 Å². The predicted molar refractivity (Wildman–Crippen MR) is 71.0 cm³/mol. The van der Waals surface area contributed by atoms with Crippen molar-refractivity contribution in [2.45, 2.75) is 19.9 Å². The number of halogens is 1. The van der Waals surface area contributed by atoms with Crippen molar-refractivity contribution in [3.63, 3.8) is 0 Å². The molecule has 0 atom stereocenters. The maximum atomic E-state index is 5.40. The largest absolute Gasteiger partial charge is 0.377 e. The van der Waals surface area contributed by atoms with E-state index in [2.05, 4.69) is 17.2 Å². The molecule has 6 nitrogen and oxygen atoms in total. The highest BCUT2D eigenvalue weighted by Crippen LogP contribution is 1.93. The summed E-state index contributed by atoms with van der Waals surface area (Å²) in [5.41, 5.74) is 1.01. The van der Waals surface area contributed by atoms with Gasteiger partial charge in [0.15, 0.2) is 0 Å². The third kappa shape index (κ3) is 6.92. The Morgan fingerprint density at radius 3 is 2.53 bits per heavy atom. The van der Waals surface area contributed by atoms with E-state index in [1.54, 1.807) is 4.68 Å². The number of ether oxygens (including phenoxy) is 2. The molecule has 0 aliphatic rings. The second kappa shape index (κ2) is 9.75. The maximum Gasteiger partial charge on any atom is 0.109 e. The van der Waals surface area contributed by atoms with Crippen LogP contribution in [0.3, 0.4) is 0 Å². The molecule has 98 valence electrons. The van der Waals surface area contributed by atoms with Gasteiger partial charge in [-0.3, -0.25) is 0 Å². The lowest BCUT2D eigenvalue weighted by Gasteiger charge is -2.04. The Balaban J connectivity index is 1.93. The second-order valence-electron chi connectivity index (χ2n) is 3.36. The standard InChI is InChI=1S/C10H18IN3O3/c1-2-10-9-14(13-12-10)3-4-15-5-6-16-7-8-17-11/h9H,2-8H2,1H3. The Bertz CT molecular complexity index is 296. The van der Waals surface area contributed by atoms with Gasteiger partial charge < -0.3 is 12.5 Å². The first kappa shape index (κ1) is 14.8. The third-order valence-corrected chi connectivity index (χ3v) is 2.53. The Hall–Kier alpha value is -0.250. The van der Waals surface area contributed by atoms with Gasteiger partial charge in [0.1, 0.15) is 23.0 Å². The van der Waals surface area contributed by atoms with Crippen LogP contribution in [0.1, 0.15) is 12.6 Å². The summed E-state index contributed by atoms with van der Waals surface area (Å²) >= 11 is 1.85. The summed E-state index contributed by atoms with van der Waals surface area (Å²) in [6.45, 7) is 5.81. The number of aromatic nitrogens is 3. The summed E-state index contributed by atoms with van der Waals surface area (Å²) < 4.78 is 17.3. The molecule has 0 aliphatic carbocycles. The summed E-state index contributed by atoms with van der Waals surface area (Å²) in [4.78, 5) is 0. The fraction of sp³-hybridized carbons (Fsp3) is 0.800. The van der Waals surface area contributed by atoms with Gasteiger partial charge in [-0.1, -0.05) is 12.1 Å². The van der Waals surface area contributed by atoms with Crippen LogP contribution in [0, 0.1) is 0 Å². The van der Waals surface area contributed by atoms with E-state index in [1.807, 2.05) is 29.2 Å². The number of nitrogens with zero attached hydrogens (tertiary/aromatic N) is 3. The van der Waals surface area contributed by atoms with Crippen LogP contribution in [0.5, 0.6) is 0 Å². The second-order valence-corrected chi connectivity index (χ2v) is 3.99. The highest BCUT2D eigenvalue weighted by Gasteiger charge is 1.97. The highest BCUT2D eigenvalue weighted by molar-refractivity contribution is 14.1. The lowest BCUT2D eigenvalue weighted by molar-refractivity contribution is 0.0373. The van der Waals surface area contributed by atoms with Gasteiger partial charge in [0.2, 0.25) is 0 Å². The molecule has 0 saturated carbocycles. The number of hydrogen-bond donors (Lipinski definition) is 0. The van der Waals surface area contributed by atoms with Crippen LogP contribution in [0.4, 0.5) is 0 Å². The molecule has 1 rings (SSSR count). The zero-order valence-corrected chi connectivity index (χ0v) is 12.1. The van der Waals surface area contributed by atoms with Crippen LogP contribution >= 0.6 is 23.0 Å². The number of hydrogen-bond acceptors (Lipinski definition) is 5. The van der Waals surface area contributed by atoms with Gasteiger partial charge in [0, 0.05) is 6.20 Å². The van der Waals surface area contributed by atoms with Crippen LogP contribution in [0.2, 0.25) is 0 Å². The smallest absolute Gasteiger partial charge is 0.109 e. The normalized spacial score (nSPS) is 10.9. The molecule has 0 aromatic carbocycles. The first-order valence-corrected chi connectivity index (χ1v) is 6.53. The SMILES string of the molecule is CCc1cn(CCOCCOCCOI)nn1. The van der Waals surface area contributed by atoms with Gasteiger partial charge in [0.05, 0.1) is 45.3 Å². The quantitative estimate of drug-likeness (QED) is 0.467. The lowest BCUT2D eigenvalue weighted by atomic mass is 10.4. The molecule has 0 amide bonds. The zero-order chi connectivity index (χ0) is 12.3. The molecule has 0 radical (unpaired) electrons. The Kier molecular flexibility index (Phi) is 8.49. The van der Waals surface area contributed by atoms with Crippen LogP contribution < -0.4 is 0 Å². The summed E-state index contributed by atoms with van der Waals surface area (Å²) in [5, 5.41) is 7.98. The molecule has 1 aromatic rings. The maximum absolute atomic E-state index is 5.40. The molecule has 1 aromatic heterocycles. The highest BCUT2D eigenvalue weighted by atomic mass is 127. The van der Waals surface area contributed by atoms with E-state index >= 15 is 0 Å². The molecular weight excluding hydrogens is 337 g/mol.